The number of aryl methyl sites for hydroxylation is 2. The normalized spacial score (nSPS) is 13.5. The van der Waals surface area contributed by atoms with E-state index in [2.05, 4.69) is 0 Å². The Morgan fingerprint density at radius 3 is 2.62 bits per heavy atom. The first-order chi connectivity index (χ1) is 10.1. The highest BCUT2D eigenvalue weighted by atomic mass is 32.2. The Morgan fingerprint density at radius 1 is 1.05 bits per heavy atom. The third kappa shape index (κ3) is 2.63. The maximum absolute atomic E-state index is 12.3. The van der Waals surface area contributed by atoms with Crippen LogP contribution in [0.4, 0.5) is 0 Å². The summed E-state index contributed by atoms with van der Waals surface area (Å²) < 4.78 is 29.8. The Kier molecular flexibility index (Phi) is 3.40. The maximum Gasteiger partial charge on any atom is 0.339 e. The van der Waals surface area contributed by atoms with E-state index in [4.69, 9.17) is 9.44 Å². The molecule has 0 amide bonds. The van der Waals surface area contributed by atoms with Gasteiger partial charge in [-0.2, -0.15) is 13.7 Å². The van der Waals surface area contributed by atoms with Crippen LogP contribution < -0.4 is 4.18 Å². The van der Waals surface area contributed by atoms with Gasteiger partial charge in [0.15, 0.2) is 5.75 Å². The molecule has 2 aromatic carbocycles. The number of nitriles is 1. The van der Waals surface area contributed by atoms with Crippen LogP contribution in [0.1, 0.15) is 23.1 Å². The van der Waals surface area contributed by atoms with Gasteiger partial charge in [0.1, 0.15) is 11.0 Å². The molecule has 0 unspecified atom stereocenters. The number of benzene rings is 2. The highest BCUT2D eigenvalue weighted by molar-refractivity contribution is 7.87. The summed E-state index contributed by atoms with van der Waals surface area (Å²) >= 11 is 0. The summed E-state index contributed by atoms with van der Waals surface area (Å²) in [5, 5.41) is 8.99. The summed E-state index contributed by atoms with van der Waals surface area (Å²) in [5.41, 5.74) is 2.46. The van der Waals surface area contributed by atoms with E-state index in [0.717, 1.165) is 24.8 Å². The lowest BCUT2D eigenvalue weighted by molar-refractivity contribution is 0.485. The lowest BCUT2D eigenvalue weighted by atomic mass is 10.1. The molecule has 0 aromatic heterocycles. The summed E-state index contributed by atoms with van der Waals surface area (Å²) in [7, 11) is -3.92. The number of nitrogens with zero attached hydrogens (tertiary/aromatic N) is 1. The van der Waals surface area contributed by atoms with Crippen molar-refractivity contribution >= 4 is 10.1 Å². The van der Waals surface area contributed by atoms with E-state index in [0.29, 0.717) is 0 Å². The molecule has 0 atom stereocenters. The van der Waals surface area contributed by atoms with Crippen LogP contribution in [0, 0.1) is 11.3 Å². The van der Waals surface area contributed by atoms with Crippen LogP contribution in [-0.2, 0) is 23.0 Å². The molecule has 4 nitrogen and oxygen atoms in total. The highest BCUT2D eigenvalue weighted by Gasteiger charge is 2.21. The molecule has 1 aliphatic carbocycles. The van der Waals surface area contributed by atoms with E-state index >= 15 is 0 Å². The molecular weight excluding hydrogens is 286 g/mol. The predicted octanol–water partition coefficient (Wildman–Crippen LogP) is 2.81. The Morgan fingerprint density at radius 2 is 1.81 bits per heavy atom. The molecule has 0 fully saturated rings. The smallest absolute Gasteiger partial charge is 0.339 e. The Labute approximate surface area is 123 Å². The van der Waals surface area contributed by atoms with Crippen molar-refractivity contribution in [3.63, 3.8) is 0 Å². The summed E-state index contributed by atoms with van der Waals surface area (Å²) in [6.07, 6.45) is 2.94. The molecule has 0 spiro atoms. The van der Waals surface area contributed by atoms with Gasteiger partial charge in [-0.05, 0) is 54.7 Å². The lowest BCUT2D eigenvalue weighted by Gasteiger charge is -2.09. The second-order valence-electron chi connectivity index (χ2n) is 4.93. The molecule has 2 aromatic rings. The third-order valence-corrected chi connectivity index (χ3v) is 4.80. The number of rotatable bonds is 3. The van der Waals surface area contributed by atoms with Crippen molar-refractivity contribution in [2.75, 3.05) is 0 Å². The molecule has 0 saturated carbocycles. The zero-order valence-corrected chi connectivity index (χ0v) is 12.1. The fourth-order valence-corrected chi connectivity index (χ4v) is 3.50. The van der Waals surface area contributed by atoms with E-state index in [9.17, 15) is 8.42 Å². The quantitative estimate of drug-likeness (QED) is 0.817. The van der Waals surface area contributed by atoms with Crippen LogP contribution >= 0.6 is 0 Å². The zero-order valence-electron chi connectivity index (χ0n) is 11.2. The van der Waals surface area contributed by atoms with E-state index in [1.807, 2.05) is 12.1 Å². The first kappa shape index (κ1) is 13.7. The number of fused-ring (bicyclic) bond motifs is 1. The van der Waals surface area contributed by atoms with Gasteiger partial charge in [0, 0.05) is 0 Å². The monoisotopic (exact) mass is 299 g/mol. The first-order valence-electron chi connectivity index (χ1n) is 6.65. The molecular formula is C16H13NO3S. The number of para-hydroxylation sites is 1. The lowest BCUT2D eigenvalue weighted by Crippen LogP contribution is -2.11. The number of hydrogen-bond acceptors (Lipinski definition) is 4. The molecule has 0 N–H and O–H groups in total. The van der Waals surface area contributed by atoms with Gasteiger partial charge in [0.05, 0.1) is 5.56 Å². The number of hydrogen-bond donors (Lipinski definition) is 0. The molecule has 3 rings (SSSR count). The SMILES string of the molecule is N#Cc1ccccc1OS(=O)(=O)c1ccc2c(c1)CCC2. The van der Waals surface area contributed by atoms with Crippen LogP contribution in [0.2, 0.25) is 0 Å². The van der Waals surface area contributed by atoms with Crippen molar-refractivity contribution in [2.45, 2.75) is 24.2 Å². The molecule has 106 valence electrons. The van der Waals surface area contributed by atoms with E-state index in [1.54, 1.807) is 24.3 Å². The van der Waals surface area contributed by atoms with Gasteiger partial charge in [-0.1, -0.05) is 18.2 Å². The fraction of sp³-hybridized carbons (Fsp3) is 0.188. The Balaban J connectivity index is 1.96. The molecule has 0 heterocycles. The van der Waals surface area contributed by atoms with Crippen molar-refractivity contribution in [1.82, 2.24) is 0 Å². The Bertz CT molecular complexity index is 835. The molecule has 1 aliphatic rings. The maximum atomic E-state index is 12.3. The minimum absolute atomic E-state index is 0.0560. The molecule has 5 heteroatoms. The summed E-state index contributed by atoms with van der Waals surface area (Å²) in [4.78, 5) is 0.135. The molecule has 0 radical (unpaired) electrons. The second kappa shape index (κ2) is 5.23. The summed E-state index contributed by atoms with van der Waals surface area (Å²) in [5.74, 6) is 0.0560. The van der Waals surface area contributed by atoms with Gasteiger partial charge in [0.2, 0.25) is 0 Å². The van der Waals surface area contributed by atoms with Crippen LogP contribution in [0.3, 0.4) is 0 Å². The van der Waals surface area contributed by atoms with Gasteiger partial charge >= 0.3 is 10.1 Å². The van der Waals surface area contributed by atoms with Crippen LogP contribution in [-0.4, -0.2) is 8.42 Å². The summed E-state index contributed by atoms with van der Waals surface area (Å²) in [6.45, 7) is 0. The van der Waals surface area contributed by atoms with Crippen molar-refractivity contribution in [3.8, 4) is 11.8 Å². The molecule has 0 bridgehead atoms. The van der Waals surface area contributed by atoms with E-state index in [-0.39, 0.29) is 16.2 Å². The standard InChI is InChI=1S/C16H13NO3S/c17-11-14-4-1-2-7-16(14)20-21(18,19)15-9-8-12-5-3-6-13(12)10-15/h1-2,4,7-10H,3,5-6H2. The average Bonchev–Trinajstić information content (AvgIpc) is 2.95. The zero-order chi connectivity index (χ0) is 14.9. The van der Waals surface area contributed by atoms with E-state index < -0.39 is 10.1 Å². The van der Waals surface area contributed by atoms with Crippen molar-refractivity contribution in [2.24, 2.45) is 0 Å². The van der Waals surface area contributed by atoms with Gasteiger partial charge in [-0.15, -0.1) is 0 Å². The van der Waals surface area contributed by atoms with Gasteiger partial charge in [-0.3, -0.25) is 0 Å². The largest absolute Gasteiger partial charge is 0.378 e. The minimum atomic E-state index is -3.92. The second-order valence-corrected chi connectivity index (χ2v) is 6.48. The van der Waals surface area contributed by atoms with Gasteiger partial charge in [-0.25, -0.2) is 0 Å². The van der Waals surface area contributed by atoms with Crippen molar-refractivity contribution in [1.29, 1.82) is 5.26 Å². The molecule has 21 heavy (non-hydrogen) atoms. The predicted molar refractivity (Wildman–Crippen MR) is 77.4 cm³/mol. The van der Waals surface area contributed by atoms with E-state index in [1.165, 1.54) is 17.7 Å². The molecule has 0 aliphatic heterocycles. The summed E-state index contributed by atoms with van der Waals surface area (Å²) in [6, 6.07) is 13.3. The van der Waals surface area contributed by atoms with Gasteiger partial charge in [0.25, 0.3) is 0 Å². The fourth-order valence-electron chi connectivity index (χ4n) is 2.50. The van der Waals surface area contributed by atoms with Crippen molar-refractivity contribution in [3.05, 3.63) is 59.2 Å². The van der Waals surface area contributed by atoms with Crippen molar-refractivity contribution < 1.29 is 12.6 Å². The third-order valence-electron chi connectivity index (χ3n) is 3.57. The topological polar surface area (TPSA) is 67.2 Å². The first-order valence-corrected chi connectivity index (χ1v) is 8.06. The highest BCUT2D eigenvalue weighted by Crippen LogP contribution is 2.27. The Hall–Kier alpha value is -2.32. The minimum Gasteiger partial charge on any atom is -0.378 e. The van der Waals surface area contributed by atoms with Crippen LogP contribution in [0.5, 0.6) is 5.75 Å². The molecule has 0 saturated heterocycles. The average molecular weight is 299 g/mol. The van der Waals surface area contributed by atoms with Crippen LogP contribution in [0.15, 0.2) is 47.4 Å². The van der Waals surface area contributed by atoms with Gasteiger partial charge < -0.3 is 4.18 Å². The van der Waals surface area contributed by atoms with Crippen LogP contribution in [0.25, 0.3) is 0 Å².